The normalized spacial score (nSPS) is 23.0. The lowest BCUT2D eigenvalue weighted by atomic mass is 10.1. The number of halogens is 1. The van der Waals surface area contributed by atoms with Crippen molar-refractivity contribution in [1.82, 2.24) is 20.3 Å². The van der Waals surface area contributed by atoms with E-state index in [-0.39, 0.29) is 18.0 Å². The highest BCUT2D eigenvalue weighted by atomic mass is 35.5. The van der Waals surface area contributed by atoms with Crippen LogP contribution in [0.15, 0.2) is 36.5 Å². The van der Waals surface area contributed by atoms with Crippen molar-refractivity contribution in [3.63, 3.8) is 0 Å². The highest BCUT2D eigenvalue weighted by Crippen LogP contribution is 2.28. The molecule has 2 aromatic rings. The molecule has 4 rings (SSSR count). The fourth-order valence-corrected chi connectivity index (χ4v) is 3.71. The molecule has 2 aliphatic heterocycles. The average Bonchev–Trinajstić information content (AvgIpc) is 3.18. The number of aromatic nitrogens is 1. The third-order valence-corrected chi connectivity index (χ3v) is 5.09. The minimum absolute atomic E-state index is 0.0839. The van der Waals surface area contributed by atoms with E-state index in [1.165, 1.54) is 5.69 Å². The van der Waals surface area contributed by atoms with Crippen LogP contribution >= 0.6 is 11.6 Å². The van der Waals surface area contributed by atoms with Gasteiger partial charge in [-0.2, -0.15) is 0 Å². The van der Waals surface area contributed by atoms with Crippen molar-refractivity contribution in [2.75, 3.05) is 13.2 Å². The van der Waals surface area contributed by atoms with Crippen molar-refractivity contribution in [1.29, 1.82) is 0 Å². The van der Waals surface area contributed by atoms with Gasteiger partial charge in [0.25, 0.3) is 0 Å². The lowest BCUT2D eigenvalue weighted by molar-refractivity contribution is -0.133. The minimum atomic E-state index is -0.249. The Morgan fingerprint density at radius 3 is 3.00 bits per heavy atom. The molecule has 2 N–H and O–H groups in total. The summed E-state index contributed by atoms with van der Waals surface area (Å²) >= 11 is 6.09. The number of ether oxygens (including phenoxy) is 1. The number of amides is 1. The van der Waals surface area contributed by atoms with Crippen LogP contribution in [0.5, 0.6) is 5.75 Å². The lowest BCUT2D eigenvalue weighted by Gasteiger charge is -2.23. The molecule has 7 heteroatoms. The summed E-state index contributed by atoms with van der Waals surface area (Å²) in [6, 6.07) is 9.51. The summed E-state index contributed by atoms with van der Waals surface area (Å²) in [5.41, 5.74) is 8.51. The smallest absolute Gasteiger partial charge is 0.241 e. The second-order valence-corrected chi connectivity index (χ2v) is 6.97. The summed E-state index contributed by atoms with van der Waals surface area (Å²) in [7, 11) is 2.01. The van der Waals surface area contributed by atoms with Crippen molar-refractivity contribution >= 4 is 17.5 Å². The molecule has 0 radical (unpaired) electrons. The van der Waals surface area contributed by atoms with Gasteiger partial charge in [0, 0.05) is 36.1 Å². The zero-order valence-corrected chi connectivity index (χ0v) is 14.8. The molecule has 1 fully saturated rings. The number of nitrogens with zero attached hydrogens (tertiary/aromatic N) is 2. The number of hydrogen-bond donors (Lipinski definition) is 2. The Bertz CT molecular complexity index is 791. The number of hydrazine groups is 1. The molecule has 2 atom stereocenters. The van der Waals surface area contributed by atoms with Gasteiger partial charge >= 0.3 is 0 Å². The Kier molecular flexibility index (Phi) is 4.41. The van der Waals surface area contributed by atoms with Crippen LogP contribution < -0.4 is 15.6 Å². The van der Waals surface area contributed by atoms with E-state index in [1.807, 2.05) is 42.4 Å². The molecule has 2 aliphatic rings. The first-order chi connectivity index (χ1) is 12.1. The van der Waals surface area contributed by atoms with E-state index >= 15 is 0 Å². The highest BCUT2D eigenvalue weighted by Gasteiger charge is 2.34. The molecular weight excluding hydrogens is 340 g/mol. The third kappa shape index (κ3) is 3.25. The van der Waals surface area contributed by atoms with Crippen LogP contribution in [-0.2, 0) is 18.4 Å². The third-order valence-electron chi connectivity index (χ3n) is 4.86. The molecule has 0 saturated carbocycles. The lowest BCUT2D eigenvalue weighted by Crippen LogP contribution is -2.46. The van der Waals surface area contributed by atoms with Crippen molar-refractivity contribution in [3.8, 4) is 5.75 Å². The summed E-state index contributed by atoms with van der Waals surface area (Å²) in [5.74, 6) is 0.888. The molecule has 6 nitrogen and oxygen atoms in total. The monoisotopic (exact) mass is 360 g/mol. The average molecular weight is 361 g/mol. The Morgan fingerprint density at radius 2 is 2.20 bits per heavy atom. The van der Waals surface area contributed by atoms with Crippen LogP contribution in [0, 0.1) is 0 Å². The van der Waals surface area contributed by atoms with E-state index in [0.29, 0.717) is 24.7 Å². The topological polar surface area (TPSA) is 58.5 Å². The summed E-state index contributed by atoms with van der Waals surface area (Å²) in [5, 5.41) is 0.654. The second-order valence-electron chi connectivity index (χ2n) is 6.53. The van der Waals surface area contributed by atoms with E-state index in [0.717, 1.165) is 17.7 Å². The number of fused-ring (bicyclic) bond motifs is 1. The number of carbonyl (C=O) groups excluding carboxylic acids is 1. The number of aryl methyl sites for hydroxylation is 1. The fraction of sp³-hybridized carbons (Fsp3) is 0.389. The maximum Gasteiger partial charge on any atom is 0.241 e. The zero-order chi connectivity index (χ0) is 17.4. The van der Waals surface area contributed by atoms with Crippen LogP contribution in [0.2, 0.25) is 5.02 Å². The molecule has 0 bridgehead atoms. The van der Waals surface area contributed by atoms with Crippen molar-refractivity contribution < 1.29 is 9.53 Å². The first-order valence-electron chi connectivity index (χ1n) is 8.44. The molecule has 0 spiro atoms. The van der Waals surface area contributed by atoms with Gasteiger partial charge in [-0.25, -0.2) is 10.9 Å². The molecular formula is C18H21ClN4O2. The standard InChI is InChI=1S/C18H21ClN4O2/c1-22-6-2-3-16(22)14-10-15(21-20-14)18(24)23-7-8-25-17-5-4-13(19)9-12(17)11-23/h2-6,9,14-15,20-21H,7-8,10-11H2,1H3. The zero-order valence-electron chi connectivity index (χ0n) is 14.0. The predicted molar refractivity (Wildman–Crippen MR) is 95.2 cm³/mol. The van der Waals surface area contributed by atoms with Gasteiger partial charge in [-0.3, -0.25) is 4.79 Å². The van der Waals surface area contributed by atoms with E-state index in [9.17, 15) is 4.79 Å². The molecule has 1 aromatic heterocycles. The van der Waals surface area contributed by atoms with Crippen LogP contribution in [0.3, 0.4) is 0 Å². The van der Waals surface area contributed by atoms with Gasteiger partial charge < -0.3 is 14.2 Å². The number of rotatable bonds is 2. The van der Waals surface area contributed by atoms with Crippen molar-refractivity contribution in [2.45, 2.75) is 25.0 Å². The number of benzene rings is 1. The number of hydrogen-bond acceptors (Lipinski definition) is 4. The quantitative estimate of drug-likeness (QED) is 0.860. The highest BCUT2D eigenvalue weighted by molar-refractivity contribution is 6.30. The summed E-state index contributed by atoms with van der Waals surface area (Å²) in [6.07, 6.45) is 2.73. The Labute approximate surface area is 151 Å². The fourth-order valence-electron chi connectivity index (χ4n) is 3.52. The molecule has 2 unspecified atom stereocenters. The number of nitrogens with one attached hydrogen (secondary N) is 2. The van der Waals surface area contributed by atoms with Crippen molar-refractivity contribution in [2.24, 2.45) is 7.05 Å². The van der Waals surface area contributed by atoms with Gasteiger partial charge in [-0.15, -0.1) is 0 Å². The van der Waals surface area contributed by atoms with Crippen LogP contribution in [0.25, 0.3) is 0 Å². The van der Waals surface area contributed by atoms with Gasteiger partial charge in [0.15, 0.2) is 0 Å². The summed E-state index contributed by atoms with van der Waals surface area (Å²) < 4.78 is 7.82. The molecule has 25 heavy (non-hydrogen) atoms. The first kappa shape index (κ1) is 16.4. The Hall–Kier alpha value is -2.02. The van der Waals surface area contributed by atoms with Crippen LogP contribution in [-0.4, -0.2) is 34.6 Å². The molecule has 1 amide bonds. The SMILES string of the molecule is Cn1cccc1C1CC(C(=O)N2CCOc3ccc(Cl)cc3C2)NN1. The molecule has 0 aliphatic carbocycles. The van der Waals surface area contributed by atoms with Gasteiger partial charge in [0.2, 0.25) is 5.91 Å². The van der Waals surface area contributed by atoms with Gasteiger partial charge in [0.05, 0.1) is 12.6 Å². The predicted octanol–water partition coefficient (Wildman–Crippen LogP) is 2.01. The van der Waals surface area contributed by atoms with Gasteiger partial charge in [0.1, 0.15) is 18.4 Å². The minimum Gasteiger partial charge on any atom is -0.491 e. The van der Waals surface area contributed by atoms with Crippen molar-refractivity contribution in [3.05, 3.63) is 52.8 Å². The Morgan fingerprint density at radius 1 is 1.32 bits per heavy atom. The molecule has 1 saturated heterocycles. The van der Waals surface area contributed by atoms with E-state index < -0.39 is 0 Å². The largest absolute Gasteiger partial charge is 0.491 e. The summed E-state index contributed by atoms with van der Waals surface area (Å²) in [6.45, 7) is 1.57. The van der Waals surface area contributed by atoms with Gasteiger partial charge in [-0.05, 0) is 36.8 Å². The van der Waals surface area contributed by atoms with Gasteiger partial charge in [-0.1, -0.05) is 11.6 Å². The Balaban J connectivity index is 1.47. The molecule has 3 heterocycles. The van der Waals surface area contributed by atoms with Crippen LogP contribution in [0.4, 0.5) is 0 Å². The summed E-state index contributed by atoms with van der Waals surface area (Å²) in [4.78, 5) is 14.8. The second kappa shape index (κ2) is 6.71. The van der Waals surface area contributed by atoms with E-state index in [1.54, 1.807) is 0 Å². The maximum atomic E-state index is 13.0. The van der Waals surface area contributed by atoms with Crippen LogP contribution in [0.1, 0.15) is 23.7 Å². The van der Waals surface area contributed by atoms with E-state index in [2.05, 4.69) is 21.5 Å². The maximum absolute atomic E-state index is 13.0. The first-order valence-corrected chi connectivity index (χ1v) is 8.82. The molecule has 1 aromatic carbocycles. The van der Waals surface area contributed by atoms with E-state index in [4.69, 9.17) is 16.3 Å². The molecule has 132 valence electrons. The number of carbonyl (C=O) groups is 1.